The number of hydrogen-bond donors (Lipinski definition) is 0. The van der Waals surface area contributed by atoms with Gasteiger partial charge in [0.2, 0.25) is 0 Å². The molecule has 0 bridgehead atoms. The molecule has 0 aromatic heterocycles. The maximum Gasteiger partial charge on any atom is 0.140 e. The van der Waals surface area contributed by atoms with Gasteiger partial charge in [-0.15, -0.1) is 0 Å². The molecule has 2 aliphatic rings. The SMILES string of the molecule is CN(C)C[C@@H]1CC[C@H]2CCC[C@H]2C1=O. The van der Waals surface area contributed by atoms with Crippen molar-refractivity contribution in [3.8, 4) is 0 Å². The largest absolute Gasteiger partial charge is 0.309 e. The lowest BCUT2D eigenvalue weighted by atomic mass is 9.74. The van der Waals surface area contributed by atoms with Crippen LogP contribution in [-0.4, -0.2) is 31.3 Å². The Morgan fingerprint density at radius 2 is 2.00 bits per heavy atom. The number of hydrogen-bond acceptors (Lipinski definition) is 2. The number of ketones is 1. The summed E-state index contributed by atoms with van der Waals surface area (Å²) >= 11 is 0. The van der Waals surface area contributed by atoms with Gasteiger partial charge in [-0.1, -0.05) is 6.42 Å². The third-order valence-electron chi connectivity index (χ3n) is 3.90. The van der Waals surface area contributed by atoms with Gasteiger partial charge in [0, 0.05) is 18.4 Å². The van der Waals surface area contributed by atoms with Gasteiger partial charge in [-0.05, 0) is 45.7 Å². The normalized spacial score (nSPS) is 37.6. The summed E-state index contributed by atoms with van der Waals surface area (Å²) in [5.41, 5.74) is 0. The summed E-state index contributed by atoms with van der Waals surface area (Å²) in [5, 5.41) is 0. The molecule has 3 atom stereocenters. The molecule has 2 nitrogen and oxygen atoms in total. The highest BCUT2D eigenvalue weighted by atomic mass is 16.1. The minimum absolute atomic E-state index is 0.337. The number of rotatable bonds is 2. The van der Waals surface area contributed by atoms with E-state index in [1.165, 1.54) is 25.7 Å². The molecule has 2 rings (SSSR count). The van der Waals surface area contributed by atoms with Gasteiger partial charge in [0.25, 0.3) is 0 Å². The van der Waals surface area contributed by atoms with Crippen molar-refractivity contribution in [3.05, 3.63) is 0 Å². The van der Waals surface area contributed by atoms with E-state index in [1.807, 2.05) is 0 Å². The van der Waals surface area contributed by atoms with Crippen LogP contribution in [0, 0.1) is 17.8 Å². The fourth-order valence-corrected chi connectivity index (χ4v) is 3.24. The predicted molar refractivity (Wildman–Crippen MR) is 57.1 cm³/mol. The molecule has 2 aliphatic carbocycles. The average molecular weight is 195 g/mol. The van der Waals surface area contributed by atoms with Crippen LogP contribution in [0.5, 0.6) is 0 Å². The first-order valence-electron chi connectivity index (χ1n) is 5.87. The monoisotopic (exact) mass is 195 g/mol. The van der Waals surface area contributed by atoms with Crippen LogP contribution in [0.2, 0.25) is 0 Å². The Hall–Kier alpha value is -0.370. The van der Waals surface area contributed by atoms with Crippen LogP contribution in [0.4, 0.5) is 0 Å². The quantitative estimate of drug-likeness (QED) is 0.671. The number of carbonyl (C=O) groups is 1. The fourth-order valence-electron chi connectivity index (χ4n) is 3.24. The molecule has 2 fully saturated rings. The lowest BCUT2D eigenvalue weighted by molar-refractivity contribution is -0.131. The second-order valence-electron chi connectivity index (χ2n) is 5.24. The van der Waals surface area contributed by atoms with Gasteiger partial charge in [0.15, 0.2) is 0 Å². The van der Waals surface area contributed by atoms with E-state index < -0.39 is 0 Å². The summed E-state index contributed by atoms with van der Waals surface area (Å²) in [6, 6.07) is 0. The molecule has 0 N–H and O–H groups in total. The van der Waals surface area contributed by atoms with E-state index in [4.69, 9.17) is 0 Å². The third-order valence-corrected chi connectivity index (χ3v) is 3.90. The molecule has 0 spiro atoms. The molecule has 2 saturated carbocycles. The first kappa shape index (κ1) is 10.2. The number of nitrogens with zero attached hydrogens (tertiary/aromatic N) is 1. The van der Waals surface area contributed by atoms with Crippen molar-refractivity contribution in [2.45, 2.75) is 32.1 Å². The van der Waals surface area contributed by atoms with Gasteiger partial charge in [0.1, 0.15) is 5.78 Å². The van der Waals surface area contributed by atoms with Crippen LogP contribution >= 0.6 is 0 Å². The van der Waals surface area contributed by atoms with Crippen molar-refractivity contribution in [1.82, 2.24) is 4.90 Å². The van der Waals surface area contributed by atoms with Gasteiger partial charge >= 0.3 is 0 Å². The Labute approximate surface area is 86.7 Å². The van der Waals surface area contributed by atoms with Crippen LogP contribution in [0.1, 0.15) is 32.1 Å². The third kappa shape index (κ3) is 1.85. The maximum atomic E-state index is 12.1. The van der Waals surface area contributed by atoms with Crippen molar-refractivity contribution in [1.29, 1.82) is 0 Å². The summed E-state index contributed by atoms with van der Waals surface area (Å²) in [6.45, 7) is 0.960. The lowest BCUT2D eigenvalue weighted by Gasteiger charge is -2.31. The van der Waals surface area contributed by atoms with Crippen molar-refractivity contribution in [2.24, 2.45) is 17.8 Å². The standard InChI is InChI=1S/C12H21NO/c1-13(2)8-10-7-6-9-4-3-5-11(9)12(10)14/h9-11H,3-8H2,1-2H3/t9-,10+,11-/m1/s1. The smallest absolute Gasteiger partial charge is 0.140 e. The topological polar surface area (TPSA) is 20.3 Å². The minimum Gasteiger partial charge on any atom is -0.309 e. The molecule has 2 heteroatoms. The van der Waals surface area contributed by atoms with Crippen molar-refractivity contribution >= 4 is 5.78 Å². The zero-order valence-corrected chi connectivity index (χ0v) is 9.33. The second kappa shape index (κ2) is 4.01. The van der Waals surface area contributed by atoms with Crippen LogP contribution < -0.4 is 0 Å². The summed E-state index contributed by atoms with van der Waals surface area (Å²) in [7, 11) is 4.13. The van der Waals surface area contributed by atoms with E-state index >= 15 is 0 Å². The van der Waals surface area contributed by atoms with Crippen LogP contribution in [0.3, 0.4) is 0 Å². The van der Waals surface area contributed by atoms with Gasteiger partial charge < -0.3 is 4.90 Å². The molecule has 0 amide bonds. The van der Waals surface area contributed by atoms with Gasteiger partial charge in [0.05, 0.1) is 0 Å². The van der Waals surface area contributed by atoms with Gasteiger partial charge in [-0.3, -0.25) is 4.79 Å². The molecule has 0 heterocycles. The molecule has 0 radical (unpaired) electrons. The van der Waals surface area contributed by atoms with Crippen molar-refractivity contribution in [2.75, 3.05) is 20.6 Å². The van der Waals surface area contributed by atoms with Crippen LogP contribution in [0.25, 0.3) is 0 Å². The average Bonchev–Trinajstić information content (AvgIpc) is 2.57. The molecular formula is C12H21NO. The Kier molecular flexibility index (Phi) is 2.91. The summed E-state index contributed by atoms with van der Waals surface area (Å²) in [4.78, 5) is 14.3. The number of fused-ring (bicyclic) bond motifs is 1. The molecule has 80 valence electrons. The van der Waals surface area contributed by atoms with Crippen LogP contribution in [0.15, 0.2) is 0 Å². The van der Waals surface area contributed by atoms with Crippen molar-refractivity contribution in [3.63, 3.8) is 0 Å². The van der Waals surface area contributed by atoms with E-state index in [0.29, 0.717) is 17.6 Å². The summed E-state index contributed by atoms with van der Waals surface area (Å²) in [5.74, 6) is 2.10. The highest BCUT2D eigenvalue weighted by molar-refractivity contribution is 5.85. The van der Waals surface area contributed by atoms with E-state index in [1.54, 1.807) is 0 Å². The predicted octanol–water partition coefficient (Wildman–Crippen LogP) is 1.94. The van der Waals surface area contributed by atoms with E-state index in [-0.39, 0.29) is 0 Å². The zero-order valence-electron chi connectivity index (χ0n) is 9.33. The first-order chi connectivity index (χ1) is 6.68. The van der Waals surface area contributed by atoms with Gasteiger partial charge in [-0.25, -0.2) is 0 Å². The Bertz CT molecular complexity index is 224. The highest BCUT2D eigenvalue weighted by Gasteiger charge is 2.40. The number of carbonyl (C=O) groups excluding carboxylic acids is 1. The van der Waals surface area contributed by atoms with Crippen molar-refractivity contribution < 1.29 is 4.79 Å². The molecule has 0 aliphatic heterocycles. The molecule has 14 heavy (non-hydrogen) atoms. The maximum absolute atomic E-state index is 12.1. The Morgan fingerprint density at radius 1 is 1.21 bits per heavy atom. The molecular weight excluding hydrogens is 174 g/mol. The molecule has 0 unspecified atom stereocenters. The number of Topliss-reactive ketones (excluding diaryl/α,β-unsaturated/α-hetero) is 1. The van der Waals surface area contributed by atoms with Crippen LogP contribution in [-0.2, 0) is 4.79 Å². The fraction of sp³-hybridized carbons (Fsp3) is 0.917. The van der Waals surface area contributed by atoms with E-state index in [0.717, 1.165) is 18.9 Å². The minimum atomic E-state index is 0.337. The molecule has 0 saturated heterocycles. The zero-order chi connectivity index (χ0) is 10.1. The Balaban J connectivity index is 1.98. The Morgan fingerprint density at radius 3 is 2.71 bits per heavy atom. The second-order valence-corrected chi connectivity index (χ2v) is 5.24. The van der Waals surface area contributed by atoms with Gasteiger partial charge in [-0.2, -0.15) is 0 Å². The van der Waals surface area contributed by atoms with E-state index in [2.05, 4.69) is 19.0 Å². The molecule has 0 aromatic rings. The lowest BCUT2D eigenvalue weighted by Crippen LogP contribution is -2.37. The first-order valence-corrected chi connectivity index (χ1v) is 5.87. The summed E-state index contributed by atoms with van der Waals surface area (Å²) in [6.07, 6.45) is 6.21. The molecule has 0 aromatic carbocycles. The summed E-state index contributed by atoms with van der Waals surface area (Å²) < 4.78 is 0. The van der Waals surface area contributed by atoms with E-state index in [9.17, 15) is 4.79 Å². The highest BCUT2D eigenvalue weighted by Crippen LogP contribution is 2.42.